The number of aryl methyl sites for hydroxylation is 1. The van der Waals surface area contributed by atoms with E-state index in [1.165, 1.54) is 11.8 Å². The molecule has 0 atom stereocenters. The molecule has 1 aliphatic rings. The molecular formula is C18H21N5O2. The van der Waals surface area contributed by atoms with Crippen molar-refractivity contribution < 1.29 is 9.59 Å². The van der Waals surface area contributed by atoms with Gasteiger partial charge in [-0.15, -0.1) is 0 Å². The summed E-state index contributed by atoms with van der Waals surface area (Å²) in [5, 5.41) is 2.82. The minimum atomic E-state index is -0.283. The average Bonchev–Trinajstić information content (AvgIpc) is 2.69. The maximum Gasteiger partial charge on any atom is 0.275 e. The molecule has 1 fully saturated rings. The summed E-state index contributed by atoms with van der Waals surface area (Å²) in [6.07, 6.45) is 4.91. The normalized spacial score (nSPS) is 14.3. The van der Waals surface area contributed by atoms with Gasteiger partial charge in [-0.1, -0.05) is 19.1 Å². The molecule has 25 heavy (non-hydrogen) atoms. The molecule has 0 saturated carbocycles. The number of anilines is 2. The number of carbonyl (C=O) groups excluding carboxylic acids is 2. The first-order chi connectivity index (χ1) is 12.2. The monoisotopic (exact) mass is 339 g/mol. The van der Waals surface area contributed by atoms with Gasteiger partial charge in [-0.25, -0.2) is 9.97 Å². The lowest BCUT2D eigenvalue weighted by atomic mass is 10.1. The molecule has 1 aromatic heterocycles. The molecule has 2 aromatic rings. The number of hydrogen-bond donors (Lipinski definition) is 1. The first-order valence-corrected chi connectivity index (χ1v) is 8.36. The molecule has 0 spiro atoms. The van der Waals surface area contributed by atoms with Crippen molar-refractivity contribution in [1.29, 1.82) is 0 Å². The lowest BCUT2D eigenvalue weighted by Gasteiger charge is -2.33. The van der Waals surface area contributed by atoms with Crippen LogP contribution in [0.25, 0.3) is 0 Å². The first-order valence-electron chi connectivity index (χ1n) is 8.36. The van der Waals surface area contributed by atoms with Crippen LogP contribution in [0.3, 0.4) is 0 Å². The van der Waals surface area contributed by atoms with Gasteiger partial charge in [0.05, 0.1) is 12.4 Å². The number of aromatic nitrogens is 2. The summed E-state index contributed by atoms with van der Waals surface area (Å²) in [6, 6.07) is 7.74. The summed E-state index contributed by atoms with van der Waals surface area (Å²) in [7, 11) is 0. The molecule has 1 aromatic carbocycles. The molecule has 2 heterocycles. The molecule has 1 saturated heterocycles. The average molecular weight is 339 g/mol. The molecule has 0 aliphatic carbocycles. The fraction of sp³-hybridized carbons (Fsp3) is 0.333. The predicted octanol–water partition coefficient (Wildman–Crippen LogP) is 1.57. The molecule has 0 radical (unpaired) electrons. The van der Waals surface area contributed by atoms with E-state index in [0.717, 1.165) is 24.3 Å². The second kappa shape index (κ2) is 7.74. The largest absolute Gasteiger partial charge is 0.352 e. The highest BCUT2D eigenvalue weighted by Crippen LogP contribution is 2.14. The highest BCUT2D eigenvalue weighted by Gasteiger charge is 2.17. The smallest absolute Gasteiger partial charge is 0.275 e. The molecule has 0 bridgehead atoms. The van der Waals surface area contributed by atoms with Crippen molar-refractivity contribution in [1.82, 2.24) is 14.9 Å². The number of nitrogens with one attached hydrogen (secondary N) is 1. The summed E-state index contributed by atoms with van der Waals surface area (Å²) >= 11 is 0. The summed E-state index contributed by atoms with van der Waals surface area (Å²) < 4.78 is 0. The van der Waals surface area contributed by atoms with Gasteiger partial charge in [0.1, 0.15) is 11.5 Å². The third-order valence-electron chi connectivity index (χ3n) is 4.28. The molecule has 7 nitrogen and oxygen atoms in total. The van der Waals surface area contributed by atoms with E-state index in [1.54, 1.807) is 11.1 Å². The van der Waals surface area contributed by atoms with E-state index in [4.69, 9.17) is 0 Å². The number of rotatable bonds is 5. The zero-order chi connectivity index (χ0) is 17.6. The van der Waals surface area contributed by atoms with Gasteiger partial charge in [-0.3, -0.25) is 9.59 Å². The number of piperazine rings is 1. The molecule has 0 unspecified atom stereocenters. The number of amides is 2. The van der Waals surface area contributed by atoms with Crippen molar-refractivity contribution in [3.63, 3.8) is 0 Å². The zero-order valence-electron chi connectivity index (χ0n) is 14.2. The van der Waals surface area contributed by atoms with Crippen LogP contribution in [0.1, 0.15) is 23.0 Å². The van der Waals surface area contributed by atoms with E-state index < -0.39 is 0 Å². The molecule has 130 valence electrons. The van der Waals surface area contributed by atoms with Crippen LogP contribution in [0.2, 0.25) is 0 Å². The topological polar surface area (TPSA) is 78.4 Å². The van der Waals surface area contributed by atoms with E-state index in [1.807, 2.05) is 24.3 Å². The van der Waals surface area contributed by atoms with Gasteiger partial charge < -0.3 is 15.1 Å². The Kier molecular flexibility index (Phi) is 5.23. The quantitative estimate of drug-likeness (QED) is 0.837. The standard InChI is InChI=1S/C18H21N5O2/c1-2-14-3-5-15(6-4-14)21-18(25)16-11-20-17(12-19-16)23-9-7-22(13-24)8-10-23/h3-6,11-13H,2,7-10H2,1H3,(H,21,25). The van der Waals surface area contributed by atoms with E-state index >= 15 is 0 Å². The minimum Gasteiger partial charge on any atom is -0.352 e. The zero-order valence-corrected chi connectivity index (χ0v) is 14.2. The Balaban J connectivity index is 1.61. The molecule has 2 amide bonds. The van der Waals surface area contributed by atoms with Crippen LogP contribution in [0.15, 0.2) is 36.7 Å². The van der Waals surface area contributed by atoms with E-state index in [-0.39, 0.29) is 11.6 Å². The van der Waals surface area contributed by atoms with Crippen LogP contribution in [0.4, 0.5) is 11.5 Å². The van der Waals surface area contributed by atoms with E-state index in [9.17, 15) is 9.59 Å². The van der Waals surface area contributed by atoms with Crippen LogP contribution in [-0.4, -0.2) is 53.4 Å². The number of benzene rings is 1. The van der Waals surface area contributed by atoms with Crippen molar-refractivity contribution in [2.45, 2.75) is 13.3 Å². The Morgan fingerprint density at radius 3 is 2.40 bits per heavy atom. The van der Waals surface area contributed by atoms with Crippen molar-refractivity contribution in [3.8, 4) is 0 Å². The SMILES string of the molecule is CCc1ccc(NC(=O)c2cnc(N3CCN(C=O)CC3)cn2)cc1. The summed E-state index contributed by atoms with van der Waals surface area (Å²) in [5.74, 6) is 0.434. The van der Waals surface area contributed by atoms with Crippen LogP contribution < -0.4 is 10.2 Å². The Morgan fingerprint density at radius 1 is 1.12 bits per heavy atom. The summed E-state index contributed by atoms with van der Waals surface area (Å²) in [5.41, 5.74) is 2.23. The lowest BCUT2D eigenvalue weighted by Crippen LogP contribution is -2.46. The lowest BCUT2D eigenvalue weighted by molar-refractivity contribution is -0.118. The van der Waals surface area contributed by atoms with Crippen LogP contribution in [-0.2, 0) is 11.2 Å². The van der Waals surface area contributed by atoms with Gasteiger partial charge in [0.15, 0.2) is 0 Å². The van der Waals surface area contributed by atoms with Crippen molar-refractivity contribution >= 4 is 23.8 Å². The van der Waals surface area contributed by atoms with E-state index in [0.29, 0.717) is 26.2 Å². The maximum atomic E-state index is 12.3. The minimum absolute atomic E-state index is 0.273. The van der Waals surface area contributed by atoms with E-state index in [2.05, 4.69) is 27.1 Å². The van der Waals surface area contributed by atoms with Crippen LogP contribution >= 0.6 is 0 Å². The first kappa shape index (κ1) is 16.9. The summed E-state index contributed by atoms with van der Waals surface area (Å²) in [4.78, 5) is 35.4. The van der Waals surface area contributed by atoms with Gasteiger partial charge in [0, 0.05) is 31.9 Å². The van der Waals surface area contributed by atoms with Gasteiger partial charge in [0.25, 0.3) is 5.91 Å². The second-order valence-electron chi connectivity index (χ2n) is 5.89. The molecule has 3 rings (SSSR count). The summed E-state index contributed by atoms with van der Waals surface area (Å²) in [6.45, 7) is 4.84. The molecular weight excluding hydrogens is 318 g/mol. The molecule has 1 aliphatic heterocycles. The second-order valence-corrected chi connectivity index (χ2v) is 5.89. The predicted molar refractivity (Wildman–Crippen MR) is 95.7 cm³/mol. The fourth-order valence-electron chi connectivity index (χ4n) is 2.68. The Labute approximate surface area is 146 Å². The number of hydrogen-bond acceptors (Lipinski definition) is 5. The number of nitrogens with zero attached hydrogens (tertiary/aromatic N) is 4. The van der Waals surface area contributed by atoms with Gasteiger partial charge in [0.2, 0.25) is 6.41 Å². The Hall–Kier alpha value is -2.96. The van der Waals surface area contributed by atoms with Crippen LogP contribution in [0.5, 0.6) is 0 Å². The van der Waals surface area contributed by atoms with Crippen LogP contribution in [0, 0.1) is 0 Å². The van der Waals surface area contributed by atoms with Gasteiger partial charge in [-0.2, -0.15) is 0 Å². The fourth-order valence-corrected chi connectivity index (χ4v) is 2.68. The van der Waals surface area contributed by atoms with Gasteiger partial charge >= 0.3 is 0 Å². The van der Waals surface area contributed by atoms with Crippen molar-refractivity contribution in [2.24, 2.45) is 0 Å². The van der Waals surface area contributed by atoms with Crippen molar-refractivity contribution in [3.05, 3.63) is 47.9 Å². The molecule has 1 N–H and O–H groups in total. The highest BCUT2D eigenvalue weighted by atomic mass is 16.2. The van der Waals surface area contributed by atoms with Crippen molar-refractivity contribution in [2.75, 3.05) is 36.4 Å². The Morgan fingerprint density at radius 2 is 1.84 bits per heavy atom. The third-order valence-corrected chi connectivity index (χ3v) is 4.28. The molecule has 7 heteroatoms. The third kappa shape index (κ3) is 4.12. The maximum absolute atomic E-state index is 12.3. The Bertz CT molecular complexity index is 722. The van der Waals surface area contributed by atoms with Gasteiger partial charge in [-0.05, 0) is 24.1 Å². The number of carbonyl (C=O) groups is 2. The highest BCUT2D eigenvalue weighted by molar-refractivity contribution is 6.02.